The van der Waals surface area contributed by atoms with Crippen molar-refractivity contribution in [2.45, 2.75) is 23.8 Å². The first-order valence-electron chi connectivity index (χ1n) is 9.81. The van der Waals surface area contributed by atoms with Crippen molar-refractivity contribution in [1.82, 2.24) is 9.62 Å². The van der Waals surface area contributed by atoms with Gasteiger partial charge in [0.25, 0.3) is 11.8 Å². The van der Waals surface area contributed by atoms with Crippen LogP contribution in [0.5, 0.6) is 0 Å². The lowest BCUT2D eigenvalue weighted by molar-refractivity contribution is 0.0228. The zero-order chi connectivity index (χ0) is 22.9. The Hall–Kier alpha value is -2.79. The largest absolute Gasteiger partial charge is 0.440 e. The molecule has 9 nitrogen and oxygen atoms in total. The third-order valence-corrected chi connectivity index (χ3v) is 7.09. The Kier molecular flexibility index (Phi) is 6.29. The summed E-state index contributed by atoms with van der Waals surface area (Å²) in [6.45, 7) is 0.0712. The number of halogens is 1. The standard InChI is InChI=1S/C21H19ClN2O7S/c22-17-8-7-13(10-18(17)32(28,29)23-11-14-4-3-9-30-14)21(27)31-12-24-19(25)15-5-1-2-6-16(15)20(24)26/h1-2,5-8,10,14,23H,3-4,9,11-12H2. The van der Waals surface area contributed by atoms with Gasteiger partial charge in [-0.15, -0.1) is 0 Å². The quantitative estimate of drug-likeness (QED) is 0.478. The van der Waals surface area contributed by atoms with Crippen LogP contribution in [-0.2, 0) is 19.5 Å². The molecular formula is C21H19ClN2O7S. The molecule has 0 spiro atoms. The zero-order valence-corrected chi connectivity index (χ0v) is 18.3. The highest BCUT2D eigenvalue weighted by molar-refractivity contribution is 7.89. The lowest BCUT2D eigenvalue weighted by atomic mass is 10.1. The smallest absolute Gasteiger partial charge is 0.339 e. The predicted molar refractivity (Wildman–Crippen MR) is 113 cm³/mol. The second-order valence-electron chi connectivity index (χ2n) is 7.28. The molecule has 1 fully saturated rings. The molecule has 1 unspecified atom stereocenters. The molecule has 2 heterocycles. The van der Waals surface area contributed by atoms with Crippen LogP contribution in [0.2, 0.25) is 5.02 Å². The van der Waals surface area contributed by atoms with E-state index in [9.17, 15) is 22.8 Å². The van der Waals surface area contributed by atoms with Gasteiger partial charge in [-0.1, -0.05) is 23.7 Å². The average Bonchev–Trinajstić information content (AvgIpc) is 3.39. The van der Waals surface area contributed by atoms with E-state index in [0.29, 0.717) is 6.61 Å². The van der Waals surface area contributed by atoms with E-state index in [1.807, 2.05) is 0 Å². The first-order valence-corrected chi connectivity index (χ1v) is 11.7. The third kappa shape index (κ3) is 4.40. The molecule has 32 heavy (non-hydrogen) atoms. The number of imide groups is 1. The number of fused-ring (bicyclic) bond motifs is 1. The molecule has 0 aliphatic carbocycles. The minimum absolute atomic E-state index is 0.0678. The predicted octanol–water partition coefficient (Wildman–Crippen LogP) is 2.21. The minimum Gasteiger partial charge on any atom is -0.440 e. The van der Waals surface area contributed by atoms with E-state index in [1.54, 1.807) is 12.1 Å². The van der Waals surface area contributed by atoms with Gasteiger partial charge in [0.1, 0.15) is 4.90 Å². The molecule has 0 bridgehead atoms. The van der Waals surface area contributed by atoms with Crippen LogP contribution >= 0.6 is 11.6 Å². The van der Waals surface area contributed by atoms with Gasteiger partial charge in [-0.3, -0.25) is 9.59 Å². The molecule has 2 aliphatic heterocycles. The van der Waals surface area contributed by atoms with Crippen LogP contribution in [0.4, 0.5) is 0 Å². The number of sulfonamides is 1. The molecule has 168 valence electrons. The number of hydrogen-bond donors (Lipinski definition) is 1. The van der Waals surface area contributed by atoms with Gasteiger partial charge in [0.15, 0.2) is 6.73 Å². The number of carbonyl (C=O) groups excluding carboxylic acids is 3. The van der Waals surface area contributed by atoms with Crippen molar-refractivity contribution in [3.05, 3.63) is 64.2 Å². The number of benzene rings is 2. The Morgan fingerprint density at radius 2 is 1.84 bits per heavy atom. The molecule has 4 rings (SSSR count). The van der Waals surface area contributed by atoms with Gasteiger partial charge in [0, 0.05) is 13.2 Å². The molecule has 0 aromatic heterocycles. The van der Waals surface area contributed by atoms with Gasteiger partial charge in [-0.25, -0.2) is 22.8 Å². The van der Waals surface area contributed by atoms with Crippen molar-refractivity contribution in [3.63, 3.8) is 0 Å². The van der Waals surface area contributed by atoms with Crippen LogP contribution in [0, 0.1) is 0 Å². The van der Waals surface area contributed by atoms with Crippen molar-refractivity contribution in [3.8, 4) is 0 Å². The zero-order valence-electron chi connectivity index (χ0n) is 16.7. The first kappa shape index (κ1) is 22.4. The highest BCUT2D eigenvalue weighted by Gasteiger charge is 2.36. The van der Waals surface area contributed by atoms with E-state index in [-0.39, 0.29) is 39.3 Å². The highest BCUT2D eigenvalue weighted by Crippen LogP contribution is 2.25. The number of esters is 1. The van der Waals surface area contributed by atoms with Crippen LogP contribution in [0.1, 0.15) is 43.9 Å². The lowest BCUT2D eigenvalue weighted by Crippen LogP contribution is -2.33. The summed E-state index contributed by atoms with van der Waals surface area (Å²) in [4.78, 5) is 37.7. The van der Waals surface area contributed by atoms with Crippen molar-refractivity contribution >= 4 is 39.4 Å². The summed E-state index contributed by atoms with van der Waals surface area (Å²) in [6.07, 6.45) is 1.40. The summed E-state index contributed by atoms with van der Waals surface area (Å²) < 4.78 is 38.3. The van der Waals surface area contributed by atoms with Crippen LogP contribution in [0.15, 0.2) is 47.4 Å². The Balaban J connectivity index is 1.44. The Bertz CT molecular complexity index is 1160. The lowest BCUT2D eigenvalue weighted by Gasteiger charge is -2.15. The number of carbonyl (C=O) groups is 3. The second-order valence-corrected chi connectivity index (χ2v) is 9.42. The molecule has 1 saturated heterocycles. The molecule has 11 heteroatoms. The Labute approximate surface area is 189 Å². The molecule has 2 aromatic carbocycles. The van der Waals surface area contributed by atoms with Crippen LogP contribution in [0.25, 0.3) is 0 Å². The normalized spacial score (nSPS) is 18.2. The van der Waals surface area contributed by atoms with Crippen molar-refractivity contribution in [2.24, 2.45) is 0 Å². The van der Waals surface area contributed by atoms with Crippen molar-refractivity contribution < 1.29 is 32.3 Å². The molecule has 1 atom stereocenters. The fourth-order valence-corrected chi connectivity index (χ4v) is 5.07. The SMILES string of the molecule is O=C(OCN1C(=O)c2ccccc2C1=O)c1ccc(Cl)c(S(=O)(=O)NCC2CCCO2)c1. The Morgan fingerprint density at radius 3 is 2.47 bits per heavy atom. The fourth-order valence-electron chi connectivity index (χ4n) is 3.48. The topological polar surface area (TPSA) is 119 Å². The highest BCUT2D eigenvalue weighted by atomic mass is 35.5. The number of ether oxygens (including phenoxy) is 2. The molecular weight excluding hydrogens is 460 g/mol. The van der Waals surface area contributed by atoms with Crippen LogP contribution < -0.4 is 4.72 Å². The van der Waals surface area contributed by atoms with E-state index in [2.05, 4.69) is 4.72 Å². The number of nitrogens with zero attached hydrogens (tertiary/aromatic N) is 1. The second kappa shape index (κ2) is 8.99. The molecule has 2 amide bonds. The summed E-state index contributed by atoms with van der Waals surface area (Å²) in [5.74, 6) is -2.05. The monoisotopic (exact) mass is 478 g/mol. The molecule has 1 N–H and O–H groups in total. The summed E-state index contributed by atoms with van der Waals surface area (Å²) in [5.41, 5.74) is 0.361. The van der Waals surface area contributed by atoms with Crippen LogP contribution in [-0.4, -0.2) is 57.1 Å². The maximum absolute atomic E-state index is 12.7. The van der Waals surface area contributed by atoms with Crippen molar-refractivity contribution in [2.75, 3.05) is 19.9 Å². The van der Waals surface area contributed by atoms with Gasteiger partial charge in [-0.05, 0) is 43.2 Å². The summed E-state index contributed by atoms with van der Waals surface area (Å²) in [7, 11) is -4.01. The van der Waals surface area contributed by atoms with Gasteiger partial charge < -0.3 is 9.47 Å². The Morgan fingerprint density at radius 1 is 1.16 bits per heavy atom. The van der Waals surface area contributed by atoms with Crippen molar-refractivity contribution in [1.29, 1.82) is 0 Å². The summed E-state index contributed by atoms with van der Waals surface area (Å²) in [6, 6.07) is 9.93. The van der Waals surface area contributed by atoms with E-state index in [1.165, 1.54) is 24.3 Å². The number of rotatable bonds is 7. The summed E-state index contributed by atoms with van der Waals surface area (Å²) in [5, 5.41) is -0.0678. The van der Waals surface area contributed by atoms with Gasteiger partial charge in [-0.2, -0.15) is 0 Å². The first-order chi connectivity index (χ1) is 15.3. The van der Waals surface area contributed by atoms with Gasteiger partial charge in [0.2, 0.25) is 10.0 Å². The van der Waals surface area contributed by atoms with E-state index < -0.39 is 34.5 Å². The minimum atomic E-state index is -4.01. The molecule has 0 radical (unpaired) electrons. The molecule has 2 aliphatic rings. The fraction of sp³-hybridized carbons (Fsp3) is 0.286. The number of nitrogens with one attached hydrogen (secondary N) is 1. The molecule has 0 saturated carbocycles. The van der Waals surface area contributed by atoms with Gasteiger partial charge >= 0.3 is 5.97 Å². The third-order valence-electron chi connectivity index (χ3n) is 5.18. The number of amides is 2. The van der Waals surface area contributed by atoms with Crippen LogP contribution in [0.3, 0.4) is 0 Å². The summed E-state index contributed by atoms with van der Waals surface area (Å²) >= 11 is 6.05. The number of hydrogen-bond acceptors (Lipinski definition) is 7. The van der Waals surface area contributed by atoms with E-state index in [4.69, 9.17) is 21.1 Å². The van der Waals surface area contributed by atoms with E-state index in [0.717, 1.165) is 23.8 Å². The molecule has 2 aromatic rings. The van der Waals surface area contributed by atoms with Gasteiger partial charge in [0.05, 0.1) is 27.8 Å². The maximum Gasteiger partial charge on any atom is 0.339 e. The maximum atomic E-state index is 12.7. The van der Waals surface area contributed by atoms with E-state index >= 15 is 0 Å². The average molecular weight is 479 g/mol.